The molecule has 72 valence electrons. The van der Waals surface area contributed by atoms with Crippen LogP contribution in [-0.2, 0) is 13.6 Å². The molecule has 13 heavy (non-hydrogen) atoms. The number of aryl methyl sites for hydroxylation is 1. The minimum absolute atomic E-state index is 0.750. The molecular formula is C10H17N3. The van der Waals surface area contributed by atoms with Gasteiger partial charge >= 0.3 is 0 Å². The minimum atomic E-state index is 0.750. The molecule has 3 heteroatoms. The van der Waals surface area contributed by atoms with Crippen LogP contribution >= 0.6 is 0 Å². The van der Waals surface area contributed by atoms with Gasteiger partial charge in [0.15, 0.2) is 0 Å². The van der Waals surface area contributed by atoms with E-state index in [9.17, 15) is 0 Å². The van der Waals surface area contributed by atoms with E-state index in [2.05, 4.69) is 24.3 Å². The molecule has 1 aliphatic carbocycles. The van der Waals surface area contributed by atoms with Gasteiger partial charge in [-0.05, 0) is 19.3 Å². The van der Waals surface area contributed by atoms with Gasteiger partial charge in [-0.25, -0.2) is 0 Å². The Morgan fingerprint density at radius 3 is 2.85 bits per heavy atom. The predicted octanol–water partition coefficient (Wildman–Crippen LogP) is 1.23. The Labute approximate surface area is 79.1 Å². The van der Waals surface area contributed by atoms with Crippen molar-refractivity contribution in [2.24, 2.45) is 13.0 Å². The Hall–Kier alpha value is -0.830. The normalized spacial score (nSPS) is 26.4. The lowest BCUT2D eigenvalue weighted by Crippen LogP contribution is -2.17. The van der Waals surface area contributed by atoms with Crippen LogP contribution in [0, 0.1) is 12.8 Å². The molecule has 0 bridgehead atoms. The van der Waals surface area contributed by atoms with Crippen LogP contribution in [0.15, 0.2) is 6.20 Å². The van der Waals surface area contributed by atoms with Gasteiger partial charge in [0, 0.05) is 30.9 Å². The van der Waals surface area contributed by atoms with E-state index in [1.54, 1.807) is 0 Å². The molecule has 2 rings (SSSR count). The first-order chi connectivity index (χ1) is 6.18. The van der Waals surface area contributed by atoms with E-state index in [1.165, 1.54) is 17.7 Å². The Morgan fingerprint density at radius 2 is 2.38 bits per heavy atom. The maximum atomic E-state index is 4.21. The highest BCUT2D eigenvalue weighted by Crippen LogP contribution is 2.29. The first-order valence-corrected chi connectivity index (χ1v) is 4.89. The summed E-state index contributed by atoms with van der Waals surface area (Å²) in [7, 11) is 1.98. The molecule has 2 unspecified atom stereocenters. The molecule has 1 heterocycles. The fourth-order valence-electron chi connectivity index (χ4n) is 1.57. The zero-order valence-electron chi connectivity index (χ0n) is 8.54. The number of rotatable bonds is 3. The third kappa shape index (κ3) is 1.75. The lowest BCUT2D eigenvalue weighted by atomic mass is 10.2. The molecule has 0 saturated heterocycles. The summed E-state index contributed by atoms with van der Waals surface area (Å²) in [5, 5.41) is 7.73. The van der Waals surface area contributed by atoms with Gasteiger partial charge in [-0.1, -0.05) is 6.92 Å². The van der Waals surface area contributed by atoms with Crippen LogP contribution in [0.5, 0.6) is 0 Å². The Kier molecular flexibility index (Phi) is 2.12. The van der Waals surface area contributed by atoms with Crippen molar-refractivity contribution in [3.63, 3.8) is 0 Å². The minimum Gasteiger partial charge on any atom is -0.310 e. The molecule has 1 aromatic rings. The highest BCUT2D eigenvalue weighted by molar-refractivity contribution is 5.15. The second kappa shape index (κ2) is 3.14. The Balaban J connectivity index is 1.90. The monoisotopic (exact) mass is 179 g/mol. The third-order valence-corrected chi connectivity index (χ3v) is 3.00. The number of hydrogen-bond donors (Lipinski definition) is 1. The molecule has 0 radical (unpaired) electrons. The summed E-state index contributed by atoms with van der Waals surface area (Å²) in [6.45, 7) is 5.36. The van der Waals surface area contributed by atoms with E-state index in [0.29, 0.717) is 0 Å². The number of nitrogens with zero attached hydrogens (tertiary/aromatic N) is 2. The smallest absolute Gasteiger partial charge is 0.0537 e. The molecule has 1 fully saturated rings. The van der Waals surface area contributed by atoms with Gasteiger partial charge in [0.1, 0.15) is 0 Å². The van der Waals surface area contributed by atoms with E-state index >= 15 is 0 Å². The summed E-state index contributed by atoms with van der Waals surface area (Å²) < 4.78 is 1.92. The van der Waals surface area contributed by atoms with E-state index in [-0.39, 0.29) is 0 Å². The molecule has 0 aliphatic heterocycles. The van der Waals surface area contributed by atoms with Crippen molar-refractivity contribution in [2.45, 2.75) is 32.9 Å². The Bertz CT molecular complexity index is 303. The zero-order chi connectivity index (χ0) is 9.42. The van der Waals surface area contributed by atoms with E-state index in [0.717, 1.165) is 18.5 Å². The van der Waals surface area contributed by atoms with Crippen molar-refractivity contribution in [3.05, 3.63) is 17.5 Å². The first-order valence-electron chi connectivity index (χ1n) is 4.89. The number of nitrogens with one attached hydrogen (secondary N) is 1. The van der Waals surface area contributed by atoms with Gasteiger partial charge in [0.05, 0.1) is 6.20 Å². The summed E-state index contributed by atoms with van der Waals surface area (Å²) in [6.07, 6.45) is 3.29. The summed E-state index contributed by atoms with van der Waals surface area (Å²) in [5.74, 6) is 0.872. The van der Waals surface area contributed by atoms with Crippen molar-refractivity contribution in [1.29, 1.82) is 0 Å². The van der Waals surface area contributed by atoms with Gasteiger partial charge in [0.2, 0.25) is 0 Å². The molecule has 1 aromatic heterocycles. The fraction of sp³-hybridized carbons (Fsp3) is 0.700. The highest BCUT2D eigenvalue weighted by atomic mass is 15.3. The van der Waals surface area contributed by atoms with Crippen molar-refractivity contribution in [1.82, 2.24) is 15.1 Å². The molecule has 0 spiro atoms. The van der Waals surface area contributed by atoms with Crippen LogP contribution < -0.4 is 5.32 Å². The standard InChI is InChI=1S/C10H17N3/c1-7-4-10(7)11-5-9-6-12-13(3)8(9)2/h6-7,10-11H,4-5H2,1-3H3. The van der Waals surface area contributed by atoms with Crippen LogP contribution in [0.1, 0.15) is 24.6 Å². The SMILES string of the molecule is Cc1c(CNC2CC2C)cnn1C. The lowest BCUT2D eigenvalue weighted by Gasteiger charge is -2.02. The van der Waals surface area contributed by atoms with Crippen LogP contribution in [0.4, 0.5) is 0 Å². The quantitative estimate of drug-likeness (QED) is 0.756. The summed E-state index contributed by atoms with van der Waals surface area (Å²) in [5.41, 5.74) is 2.59. The largest absolute Gasteiger partial charge is 0.310 e. The maximum absolute atomic E-state index is 4.21. The van der Waals surface area contributed by atoms with E-state index in [4.69, 9.17) is 0 Å². The second-order valence-electron chi connectivity index (χ2n) is 4.08. The molecule has 0 aromatic carbocycles. The first kappa shape index (κ1) is 8.75. The molecule has 1 saturated carbocycles. The third-order valence-electron chi connectivity index (χ3n) is 3.00. The Morgan fingerprint density at radius 1 is 1.69 bits per heavy atom. The van der Waals surface area contributed by atoms with Crippen molar-refractivity contribution in [2.75, 3.05) is 0 Å². The molecule has 3 nitrogen and oxygen atoms in total. The van der Waals surface area contributed by atoms with Gasteiger partial charge in [-0.15, -0.1) is 0 Å². The lowest BCUT2D eigenvalue weighted by molar-refractivity contribution is 0.648. The molecule has 2 atom stereocenters. The van der Waals surface area contributed by atoms with Gasteiger partial charge in [-0.3, -0.25) is 4.68 Å². The second-order valence-corrected chi connectivity index (χ2v) is 4.08. The summed E-state index contributed by atoms with van der Waals surface area (Å²) in [6, 6.07) is 0.750. The van der Waals surface area contributed by atoms with Crippen molar-refractivity contribution >= 4 is 0 Å². The number of aromatic nitrogens is 2. The highest BCUT2D eigenvalue weighted by Gasteiger charge is 2.31. The topological polar surface area (TPSA) is 29.9 Å². The number of hydrogen-bond acceptors (Lipinski definition) is 2. The van der Waals surface area contributed by atoms with Crippen molar-refractivity contribution in [3.8, 4) is 0 Å². The maximum Gasteiger partial charge on any atom is 0.0537 e. The van der Waals surface area contributed by atoms with E-state index < -0.39 is 0 Å². The van der Waals surface area contributed by atoms with Gasteiger partial charge < -0.3 is 5.32 Å². The zero-order valence-corrected chi connectivity index (χ0v) is 8.54. The fourth-order valence-corrected chi connectivity index (χ4v) is 1.57. The summed E-state index contributed by atoms with van der Waals surface area (Å²) in [4.78, 5) is 0. The van der Waals surface area contributed by atoms with Crippen LogP contribution in [0.2, 0.25) is 0 Å². The molecule has 1 aliphatic rings. The van der Waals surface area contributed by atoms with Crippen molar-refractivity contribution < 1.29 is 0 Å². The molecule has 0 amide bonds. The van der Waals surface area contributed by atoms with Crippen LogP contribution in [-0.4, -0.2) is 15.8 Å². The van der Waals surface area contributed by atoms with Gasteiger partial charge in [0.25, 0.3) is 0 Å². The van der Waals surface area contributed by atoms with Crippen LogP contribution in [0.3, 0.4) is 0 Å². The summed E-state index contributed by atoms with van der Waals surface area (Å²) >= 11 is 0. The average Bonchev–Trinajstić information content (AvgIpc) is 2.72. The molecular weight excluding hydrogens is 162 g/mol. The van der Waals surface area contributed by atoms with Gasteiger partial charge in [-0.2, -0.15) is 5.10 Å². The van der Waals surface area contributed by atoms with E-state index in [1.807, 2.05) is 17.9 Å². The van der Waals surface area contributed by atoms with Crippen LogP contribution in [0.25, 0.3) is 0 Å². The average molecular weight is 179 g/mol. The predicted molar refractivity (Wildman–Crippen MR) is 52.4 cm³/mol. The molecule has 1 N–H and O–H groups in total.